The summed E-state index contributed by atoms with van der Waals surface area (Å²) in [6, 6.07) is 7.97. The molecule has 0 aliphatic carbocycles. The van der Waals surface area contributed by atoms with Crippen molar-refractivity contribution in [2.24, 2.45) is 0 Å². The molecule has 0 aromatic heterocycles. The lowest BCUT2D eigenvalue weighted by Gasteiger charge is -2.06. The van der Waals surface area contributed by atoms with E-state index in [9.17, 15) is 0 Å². The van der Waals surface area contributed by atoms with E-state index in [1.165, 1.54) is 0 Å². The van der Waals surface area contributed by atoms with Gasteiger partial charge in [-0.15, -0.1) is 0 Å². The third kappa shape index (κ3) is 5.00. The fraction of sp³-hybridized carbons (Fsp3) is 0.333. The van der Waals surface area contributed by atoms with Gasteiger partial charge in [0.1, 0.15) is 5.75 Å². The Kier molecular flexibility index (Phi) is 6.12. The standard InChI is InChI=1S/C12H15BrO2/c1-14-8-3-9-15-12-5-2-4-11(10-12)6-7-13/h2,4-7,10H,3,8-9H2,1H3/b7-6+. The molecule has 0 aliphatic rings. The molecule has 0 atom stereocenters. The first-order valence-electron chi connectivity index (χ1n) is 4.85. The molecular formula is C12H15BrO2. The molecule has 15 heavy (non-hydrogen) atoms. The lowest BCUT2D eigenvalue weighted by Crippen LogP contribution is -2.01. The Balaban J connectivity index is 2.43. The highest BCUT2D eigenvalue weighted by Crippen LogP contribution is 2.15. The molecule has 0 fully saturated rings. The predicted molar refractivity (Wildman–Crippen MR) is 66.4 cm³/mol. The number of benzene rings is 1. The number of methoxy groups -OCH3 is 1. The highest BCUT2D eigenvalue weighted by atomic mass is 79.9. The molecule has 1 aromatic carbocycles. The Morgan fingerprint density at radius 2 is 2.20 bits per heavy atom. The van der Waals surface area contributed by atoms with E-state index in [1.807, 2.05) is 35.3 Å². The van der Waals surface area contributed by atoms with Gasteiger partial charge in [-0.25, -0.2) is 0 Å². The van der Waals surface area contributed by atoms with Crippen molar-refractivity contribution in [2.75, 3.05) is 20.3 Å². The second-order valence-electron chi connectivity index (χ2n) is 3.06. The molecule has 0 bridgehead atoms. The van der Waals surface area contributed by atoms with Gasteiger partial charge in [0.15, 0.2) is 0 Å². The zero-order valence-corrected chi connectivity index (χ0v) is 10.4. The lowest BCUT2D eigenvalue weighted by atomic mass is 10.2. The molecule has 1 aromatic rings. The van der Waals surface area contributed by atoms with Gasteiger partial charge in [-0.05, 0) is 28.8 Å². The first-order valence-corrected chi connectivity index (χ1v) is 5.77. The Hall–Kier alpha value is -0.800. The van der Waals surface area contributed by atoms with Crippen molar-refractivity contribution in [3.8, 4) is 5.75 Å². The van der Waals surface area contributed by atoms with E-state index in [1.54, 1.807) is 7.11 Å². The third-order valence-corrected chi connectivity index (χ3v) is 2.14. The quantitative estimate of drug-likeness (QED) is 0.737. The van der Waals surface area contributed by atoms with Crippen LogP contribution in [-0.2, 0) is 4.74 Å². The SMILES string of the molecule is COCCCOc1cccc(/C=C/Br)c1. The molecule has 0 aliphatic heterocycles. The van der Waals surface area contributed by atoms with E-state index in [4.69, 9.17) is 9.47 Å². The molecule has 0 spiro atoms. The van der Waals surface area contributed by atoms with Crippen LogP contribution in [0.4, 0.5) is 0 Å². The molecule has 0 N–H and O–H groups in total. The Morgan fingerprint density at radius 1 is 1.33 bits per heavy atom. The molecule has 0 radical (unpaired) electrons. The van der Waals surface area contributed by atoms with Gasteiger partial charge in [0.25, 0.3) is 0 Å². The summed E-state index contributed by atoms with van der Waals surface area (Å²) < 4.78 is 10.5. The monoisotopic (exact) mass is 270 g/mol. The van der Waals surface area contributed by atoms with E-state index < -0.39 is 0 Å². The molecule has 0 saturated carbocycles. The van der Waals surface area contributed by atoms with Crippen LogP contribution in [0.2, 0.25) is 0 Å². The van der Waals surface area contributed by atoms with Crippen LogP contribution in [0.25, 0.3) is 6.08 Å². The fourth-order valence-corrected chi connectivity index (χ4v) is 1.48. The molecule has 82 valence electrons. The van der Waals surface area contributed by atoms with Crippen molar-refractivity contribution in [3.63, 3.8) is 0 Å². The van der Waals surface area contributed by atoms with Crippen LogP contribution in [0.15, 0.2) is 29.3 Å². The van der Waals surface area contributed by atoms with E-state index in [2.05, 4.69) is 15.9 Å². The maximum absolute atomic E-state index is 5.57. The van der Waals surface area contributed by atoms with Gasteiger partial charge in [-0.1, -0.05) is 28.1 Å². The van der Waals surface area contributed by atoms with E-state index in [-0.39, 0.29) is 0 Å². The van der Waals surface area contributed by atoms with Gasteiger partial charge in [-0.2, -0.15) is 0 Å². The summed E-state index contributed by atoms with van der Waals surface area (Å²) in [5.41, 5.74) is 1.12. The Bertz CT molecular complexity index is 310. The smallest absolute Gasteiger partial charge is 0.119 e. The summed E-state index contributed by atoms with van der Waals surface area (Å²) in [5.74, 6) is 0.897. The van der Waals surface area contributed by atoms with Gasteiger partial charge in [0.2, 0.25) is 0 Å². The highest BCUT2D eigenvalue weighted by Gasteiger charge is 1.94. The van der Waals surface area contributed by atoms with Crippen LogP contribution < -0.4 is 4.74 Å². The molecule has 3 heteroatoms. The van der Waals surface area contributed by atoms with Gasteiger partial charge < -0.3 is 9.47 Å². The summed E-state index contributed by atoms with van der Waals surface area (Å²) in [6.07, 6.45) is 2.89. The largest absolute Gasteiger partial charge is 0.493 e. The van der Waals surface area contributed by atoms with Crippen LogP contribution in [0.1, 0.15) is 12.0 Å². The van der Waals surface area contributed by atoms with Crippen LogP contribution in [0.3, 0.4) is 0 Å². The van der Waals surface area contributed by atoms with E-state index in [0.29, 0.717) is 6.61 Å². The number of halogens is 1. The predicted octanol–water partition coefficient (Wildman–Crippen LogP) is 3.47. The minimum absolute atomic E-state index is 0.690. The summed E-state index contributed by atoms with van der Waals surface area (Å²) >= 11 is 3.25. The zero-order chi connectivity index (χ0) is 10.9. The van der Waals surface area contributed by atoms with Crippen molar-refractivity contribution < 1.29 is 9.47 Å². The van der Waals surface area contributed by atoms with Gasteiger partial charge in [0.05, 0.1) is 6.61 Å². The normalized spacial score (nSPS) is 10.8. The van der Waals surface area contributed by atoms with Crippen LogP contribution in [0.5, 0.6) is 5.75 Å². The van der Waals surface area contributed by atoms with Crippen molar-refractivity contribution >= 4 is 22.0 Å². The summed E-state index contributed by atoms with van der Waals surface area (Å²) in [5, 5.41) is 0. The second kappa shape index (κ2) is 7.49. The fourth-order valence-electron chi connectivity index (χ4n) is 1.17. The molecule has 0 amide bonds. The summed E-state index contributed by atoms with van der Waals surface area (Å²) in [6.45, 7) is 1.43. The number of hydrogen-bond acceptors (Lipinski definition) is 2. The average Bonchev–Trinajstić information content (AvgIpc) is 2.26. The van der Waals surface area contributed by atoms with Crippen molar-refractivity contribution in [3.05, 3.63) is 34.8 Å². The highest BCUT2D eigenvalue weighted by molar-refractivity contribution is 9.11. The van der Waals surface area contributed by atoms with Crippen molar-refractivity contribution in [1.29, 1.82) is 0 Å². The summed E-state index contributed by atoms with van der Waals surface area (Å²) in [4.78, 5) is 1.83. The molecule has 0 saturated heterocycles. The lowest BCUT2D eigenvalue weighted by molar-refractivity contribution is 0.172. The van der Waals surface area contributed by atoms with Crippen LogP contribution in [-0.4, -0.2) is 20.3 Å². The molecule has 0 heterocycles. The first-order chi connectivity index (χ1) is 7.36. The van der Waals surface area contributed by atoms with Gasteiger partial charge >= 0.3 is 0 Å². The van der Waals surface area contributed by atoms with Crippen LogP contribution in [0, 0.1) is 0 Å². The minimum atomic E-state index is 0.690. The number of ether oxygens (including phenoxy) is 2. The van der Waals surface area contributed by atoms with Gasteiger partial charge in [-0.3, -0.25) is 0 Å². The molecule has 1 rings (SSSR count). The topological polar surface area (TPSA) is 18.5 Å². The Labute approximate surface area is 99.0 Å². The second-order valence-corrected chi connectivity index (χ2v) is 3.59. The minimum Gasteiger partial charge on any atom is -0.493 e. The average molecular weight is 271 g/mol. The first kappa shape index (κ1) is 12.3. The van der Waals surface area contributed by atoms with Gasteiger partial charge in [0, 0.05) is 20.1 Å². The van der Waals surface area contributed by atoms with E-state index >= 15 is 0 Å². The van der Waals surface area contributed by atoms with Crippen molar-refractivity contribution in [2.45, 2.75) is 6.42 Å². The van der Waals surface area contributed by atoms with E-state index in [0.717, 1.165) is 24.3 Å². The number of rotatable bonds is 6. The molecule has 0 unspecified atom stereocenters. The summed E-state index contributed by atoms with van der Waals surface area (Å²) in [7, 11) is 1.70. The molecule has 2 nitrogen and oxygen atoms in total. The zero-order valence-electron chi connectivity index (χ0n) is 8.78. The van der Waals surface area contributed by atoms with Crippen LogP contribution >= 0.6 is 15.9 Å². The molecular weight excluding hydrogens is 256 g/mol. The Morgan fingerprint density at radius 3 is 2.93 bits per heavy atom. The number of hydrogen-bond donors (Lipinski definition) is 0. The van der Waals surface area contributed by atoms with Crippen molar-refractivity contribution in [1.82, 2.24) is 0 Å². The third-order valence-electron chi connectivity index (χ3n) is 1.88. The maximum Gasteiger partial charge on any atom is 0.119 e. The maximum atomic E-state index is 5.57.